The van der Waals surface area contributed by atoms with Crippen LogP contribution in [0.25, 0.3) is 0 Å². The second-order valence-corrected chi connectivity index (χ2v) is 10.00. The molecule has 1 aromatic rings. The van der Waals surface area contributed by atoms with Gasteiger partial charge in [0.15, 0.2) is 0 Å². The standard InChI is InChI=1S/C23H29NO5S/c1-12(2)29-23(28)19-15-6-4-3-5-7-16(15)30-21(19)24-20(25)17-13-8-10-14(11-9-13)18(17)22(26)27/h8,10,12-14,17-18H,3-7,9,11H2,1-2H3,(H,24,25)(H,26,27)/t13-,14+,17+,18+/m1/s1. The second kappa shape index (κ2) is 8.53. The number of hydrogen-bond acceptors (Lipinski definition) is 5. The number of carboxylic acids is 1. The molecule has 1 aromatic heterocycles. The first-order chi connectivity index (χ1) is 14.4. The summed E-state index contributed by atoms with van der Waals surface area (Å²) in [6.07, 6.45) is 10.2. The van der Waals surface area contributed by atoms with Crippen LogP contribution in [0, 0.1) is 23.7 Å². The number of aryl methyl sites for hydroxylation is 1. The zero-order chi connectivity index (χ0) is 21.4. The highest BCUT2D eigenvalue weighted by Gasteiger charge is 2.48. The van der Waals surface area contributed by atoms with E-state index in [1.54, 1.807) is 0 Å². The molecule has 1 amide bonds. The van der Waals surface area contributed by atoms with E-state index in [4.69, 9.17) is 4.74 Å². The lowest BCUT2D eigenvalue weighted by Crippen LogP contribution is -2.47. The van der Waals surface area contributed by atoms with E-state index in [2.05, 4.69) is 5.32 Å². The van der Waals surface area contributed by atoms with Gasteiger partial charge in [-0.05, 0) is 69.8 Å². The smallest absolute Gasteiger partial charge is 0.341 e. The maximum absolute atomic E-state index is 13.3. The van der Waals surface area contributed by atoms with Gasteiger partial charge in [0.1, 0.15) is 5.00 Å². The summed E-state index contributed by atoms with van der Waals surface area (Å²) in [6.45, 7) is 3.62. The second-order valence-electron chi connectivity index (χ2n) is 8.89. The van der Waals surface area contributed by atoms with Crippen LogP contribution in [0.2, 0.25) is 0 Å². The summed E-state index contributed by atoms with van der Waals surface area (Å²) in [5, 5.41) is 13.2. The van der Waals surface area contributed by atoms with Crippen molar-refractivity contribution in [3.63, 3.8) is 0 Å². The van der Waals surface area contributed by atoms with Crippen molar-refractivity contribution in [1.29, 1.82) is 0 Å². The van der Waals surface area contributed by atoms with E-state index in [0.717, 1.165) is 55.4 Å². The molecular weight excluding hydrogens is 402 g/mol. The molecule has 0 aliphatic heterocycles. The molecule has 30 heavy (non-hydrogen) atoms. The summed E-state index contributed by atoms with van der Waals surface area (Å²) in [4.78, 5) is 39.3. The Morgan fingerprint density at radius 3 is 2.37 bits per heavy atom. The number of carbonyl (C=O) groups is 3. The number of carboxylic acid groups (broad SMARTS) is 1. The maximum atomic E-state index is 13.3. The predicted octanol–water partition coefficient (Wildman–Crippen LogP) is 4.43. The Labute approximate surface area is 180 Å². The number of anilines is 1. The number of rotatable bonds is 5. The normalized spacial score (nSPS) is 27.4. The Kier molecular flexibility index (Phi) is 6.00. The van der Waals surface area contributed by atoms with Crippen molar-refractivity contribution in [1.82, 2.24) is 0 Å². The Hall–Kier alpha value is -2.15. The van der Waals surface area contributed by atoms with E-state index < -0.39 is 23.8 Å². The lowest BCUT2D eigenvalue weighted by Gasteiger charge is -2.41. The molecule has 0 unspecified atom stereocenters. The summed E-state index contributed by atoms with van der Waals surface area (Å²) in [7, 11) is 0. The quantitative estimate of drug-likeness (QED) is 0.409. The summed E-state index contributed by atoms with van der Waals surface area (Å²) >= 11 is 1.45. The number of hydrogen-bond donors (Lipinski definition) is 2. The average Bonchev–Trinajstić information content (AvgIpc) is 2.88. The van der Waals surface area contributed by atoms with Gasteiger partial charge in [-0.25, -0.2) is 4.79 Å². The Morgan fingerprint density at radius 2 is 1.73 bits per heavy atom. The van der Waals surface area contributed by atoms with Crippen LogP contribution in [-0.4, -0.2) is 29.1 Å². The molecule has 0 aromatic carbocycles. The van der Waals surface area contributed by atoms with Crippen molar-refractivity contribution in [2.24, 2.45) is 23.7 Å². The van der Waals surface area contributed by atoms with Gasteiger partial charge in [-0.3, -0.25) is 9.59 Å². The van der Waals surface area contributed by atoms with Crippen molar-refractivity contribution in [3.8, 4) is 0 Å². The van der Waals surface area contributed by atoms with Gasteiger partial charge in [-0.15, -0.1) is 11.3 Å². The van der Waals surface area contributed by atoms with Gasteiger partial charge in [0.05, 0.1) is 23.5 Å². The summed E-state index contributed by atoms with van der Waals surface area (Å²) in [5.74, 6) is -3.11. The fourth-order valence-corrected chi connectivity index (χ4v) is 6.48. The third-order valence-electron chi connectivity index (χ3n) is 6.54. The molecule has 162 valence electrons. The highest BCUT2D eigenvalue weighted by molar-refractivity contribution is 7.17. The minimum absolute atomic E-state index is 0.0695. The minimum Gasteiger partial charge on any atom is -0.481 e. The van der Waals surface area contributed by atoms with Crippen molar-refractivity contribution in [2.45, 2.75) is 64.9 Å². The molecular formula is C23H29NO5S. The first kappa shape index (κ1) is 21.1. The predicted molar refractivity (Wildman–Crippen MR) is 115 cm³/mol. The highest BCUT2D eigenvalue weighted by atomic mass is 32.1. The van der Waals surface area contributed by atoms with Crippen LogP contribution in [0.15, 0.2) is 12.2 Å². The monoisotopic (exact) mass is 431 g/mol. The van der Waals surface area contributed by atoms with Crippen molar-refractivity contribution in [2.75, 3.05) is 5.32 Å². The number of amides is 1. The number of nitrogens with one attached hydrogen (secondary N) is 1. The number of esters is 1. The number of thiophene rings is 1. The zero-order valence-electron chi connectivity index (χ0n) is 17.5. The molecule has 0 spiro atoms. The van der Waals surface area contributed by atoms with Gasteiger partial charge in [0.2, 0.25) is 5.91 Å². The molecule has 4 atom stereocenters. The lowest BCUT2D eigenvalue weighted by atomic mass is 9.62. The van der Waals surface area contributed by atoms with Crippen LogP contribution in [0.1, 0.15) is 66.8 Å². The van der Waals surface area contributed by atoms with Crippen LogP contribution in [-0.2, 0) is 27.2 Å². The Balaban J connectivity index is 1.65. The van der Waals surface area contributed by atoms with Crippen LogP contribution >= 0.6 is 11.3 Å². The topological polar surface area (TPSA) is 92.7 Å². The van der Waals surface area contributed by atoms with Crippen LogP contribution < -0.4 is 5.32 Å². The van der Waals surface area contributed by atoms with E-state index >= 15 is 0 Å². The molecule has 5 rings (SSSR count). The van der Waals surface area contributed by atoms with Crippen LogP contribution in [0.3, 0.4) is 0 Å². The zero-order valence-corrected chi connectivity index (χ0v) is 18.3. The van der Waals surface area contributed by atoms with E-state index in [0.29, 0.717) is 10.6 Å². The summed E-state index contributed by atoms with van der Waals surface area (Å²) in [5.41, 5.74) is 1.47. The molecule has 6 nitrogen and oxygen atoms in total. The van der Waals surface area contributed by atoms with Gasteiger partial charge < -0.3 is 15.2 Å². The van der Waals surface area contributed by atoms with Gasteiger partial charge in [-0.2, -0.15) is 0 Å². The summed E-state index contributed by atoms with van der Waals surface area (Å²) < 4.78 is 5.49. The van der Waals surface area contributed by atoms with Crippen molar-refractivity contribution in [3.05, 3.63) is 28.2 Å². The van der Waals surface area contributed by atoms with E-state index in [1.807, 2.05) is 26.0 Å². The third kappa shape index (κ3) is 3.92. The van der Waals surface area contributed by atoms with Gasteiger partial charge in [0.25, 0.3) is 0 Å². The van der Waals surface area contributed by atoms with Crippen molar-refractivity contribution >= 4 is 34.2 Å². The molecule has 1 fully saturated rings. The molecule has 0 saturated heterocycles. The van der Waals surface area contributed by atoms with Gasteiger partial charge in [-0.1, -0.05) is 18.6 Å². The summed E-state index contributed by atoms with van der Waals surface area (Å²) in [6, 6.07) is 0. The van der Waals surface area contributed by atoms with Crippen LogP contribution in [0.5, 0.6) is 0 Å². The first-order valence-electron chi connectivity index (χ1n) is 10.9. The van der Waals surface area contributed by atoms with Crippen LogP contribution in [0.4, 0.5) is 5.00 Å². The van der Waals surface area contributed by atoms with E-state index in [1.165, 1.54) is 11.3 Å². The molecule has 4 aliphatic rings. The molecule has 2 bridgehead atoms. The largest absolute Gasteiger partial charge is 0.481 e. The number of ether oxygens (including phenoxy) is 1. The number of carbonyl (C=O) groups excluding carboxylic acids is 2. The number of allylic oxidation sites excluding steroid dienone is 2. The van der Waals surface area contributed by atoms with Gasteiger partial charge in [0, 0.05) is 4.88 Å². The Morgan fingerprint density at radius 1 is 1.07 bits per heavy atom. The van der Waals surface area contributed by atoms with Gasteiger partial charge >= 0.3 is 11.9 Å². The highest BCUT2D eigenvalue weighted by Crippen LogP contribution is 2.46. The van der Waals surface area contributed by atoms with E-state index in [-0.39, 0.29) is 23.8 Å². The maximum Gasteiger partial charge on any atom is 0.341 e. The SMILES string of the molecule is CC(C)OC(=O)c1c(NC(=O)[C@@H]2[C@@H](C(=O)O)[C@H]3C=C[C@@H]2CC3)sc2c1CCCCC2. The van der Waals surface area contributed by atoms with Crippen molar-refractivity contribution < 1.29 is 24.2 Å². The molecule has 2 N–H and O–H groups in total. The molecule has 0 radical (unpaired) electrons. The Bertz CT molecular complexity index is 886. The fourth-order valence-electron chi connectivity index (χ4n) is 5.20. The third-order valence-corrected chi connectivity index (χ3v) is 7.75. The number of fused-ring (bicyclic) bond motifs is 3. The number of aliphatic carboxylic acids is 1. The molecule has 4 aliphatic carbocycles. The average molecular weight is 432 g/mol. The fraction of sp³-hybridized carbons (Fsp3) is 0.609. The molecule has 1 saturated carbocycles. The minimum atomic E-state index is -0.921. The molecule has 7 heteroatoms. The van der Waals surface area contributed by atoms with E-state index in [9.17, 15) is 19.5 Å². The molecule has 1 heterocycles. The first-order valence-corrected chi connectivity index (χ1v) is 11.8. The lowest BCUT2D eigenvalue weighted by molar-refractivity contribution is -0.151.